The summed E-state index contributed by atoms with van der Waals surface area (Å²) in [7, 11) is 0. The lowest BCUT2D eigenvalue weighted by Crippen LogP contribution is -2.33. The van der Waals surface area contributed by atoms with Gasteiger partial charge in [0.05, 0.1) is 23.7 Å². The quantitative estimate of drug-likeness (QED) is 0.854. The molecule has 6 nitrogen and oxygen atoms in total. The molecule has 0 saturated heterocycles. The first-order valence-corrected chi connectivity index (χ1v) is 6.06. The molecular formula is C13H15N3O3. The average Bonchev–Trinajstić information content (AvgIpc) is 2.86. The number of nitrogens with one attached hydrogen (secondary N) is 1. The lowest BCUT2D eigenvalue weighted by Gasteiger charge is -2.20. The van der Waals surface area contributed by atoms with Gasteiger partial charge in [-0.25, -0.2) is 0 Å². The fraction of sp³-hybridized carbons (Fsp3) is 0.308. The fourth-order valence-corrected chi connectivity index (χ4v) is 1.95. The summed E-state index contributed by atoms with van der Waals surface area (Å²) >= 11 is 0. The number of rotatable bonds is 5. The predicted octanol–water partition coefficient (Wildman–Crippen LogP) is 1.50. The highest BCUT2D eigenvalue weighted by atomic mass is 16.4. The maximum absolute atomic E-state index is 12.4. The zero-order chi connectivity index (χ0) is 13.8. The largest absolute Gasteiger partial charge is 0.481 e. The van der Waals surface area contributed by atoms with Crippen LogP contribution in [0, 0.1) is 0 Å². The fourth-order valence-electron chi connectivity index (χ4n) is 1.95. The van der Waals surface area contributed by atoms with Crippen LogP contribution < -0.4 is 0 Å². The molecule has 2 N–H and O–H groups in total. The number of fused-ring (bicyclic) bond motifs is 1. The minimum Gasteiger partial charge on any atom is -0.481 e. The van der Waals surface area contributed by atoms with Gasteiger partial charge >= 0.3 is 5.97 Å². The van der Waals surface area contributed by atoms with Crippen molar-refractivity contribution in [3.05, 3.63) is 30.0 Å². The van der Waals surface area contributed by atoms with Crippen LogP contribution in [0.1, 0.15) is 23.7 Å². The van der Waals surface area contributed by atoms with E-state index in [1.807, 2.05) is 13.0 Å². The molecule has 0 saturated carbocycles. The second-order valence-corrected chi connectivity index (χ2v) is 4.17. The molecule has 0 aliphatic carbocycles. The Kier molecular flexibility index (Phi) is 3.79. The molecule has 6 heteroatoms. The van der Waals surface area contributed by atoms with Crippen molar-refractivity contribution in [1.29, 1.82) is 0 Å². The molecule has 100 valence electrons. The van der Waals surface area contributed by atoms with Crippen LogP contribution >= 0.6 is 0 Å². The Hall–Kier alpha value is -2.37. The van der Waals surface area contributed by atoms with Gasteiger partial charge in [0, 0.05) is 18.5 Å². The zero-order valence-electron chi connectivity index (χ0n) is 10.6. The summed E-state index contributed by atoms with van der Waals surface area (Å²) in [6, 6.07) is 5.37. The number of hydrogen-bond donors (Lipinski definition) is 2. The molecule has 0 unspecified atom stereocenters. The van der Waals surface area contributed by atoms with E-state index in [1.165, 1.54) is 4.90 Å². The summed E-state index contributed by atoms with van der Waals surface area (Å²) in [5.41, 5.74) is 1.20. The van der Waals surface area contributed by atoms with Crippen LogP contribution in [0.4, 0.5) is 0 Å². The van der Waals surface area contributed by atoms with E-state index in [-0.39, 0.29) is 18.9 Å². The summed E-state index contributed by atoms with van der Waals surface area (Å²) in [6.45, 7) is 2.50. The Morgan fingerprint density at radius 3 is 2.89 bits per heavy atom. The van der Waals surface area contributed by atoms with Crippen LogP contribution in [0.25, 0.3) is 10.9 Å². The second kappa shape index (κ2) is 5.51. The first-order chi connectivity index (χ1) is 9.13. The number of carboxylic acids is 1. The molecular weight excluding hydrogens is 246 g/mol. The maximum atomic E-state index is 12.4. The molecule has 1 aromatic heterocycles. The van der Waals surface area contributed by atoms with Gasteiger partial charge in [-0.2, -0.15) is 5.10 Å². The van der Waals surface area contributed by atoms with Crippen molar-refractivity contribution in [2.75, 3.05) is 13.1 Å². The molecule has 0 radical (unpaired) electrons. The summed E-state index contributed by atoms with van der Waals surface area (Å²) in [5.74, 6) is -1.09. The Labute approximate surface area is 110 Å². The highest BCUT2D eigenvalue weighted by Crippen LogP contribution is 2.17. The van der Waals surface area contributed by atoms with E-state index in [9.17, 15) is 9.59 Å². The third-order valence-electron chi connectivity index (χ3n) is 2.97. The monoisotopic (exact) mass is 261 g/mol. The first-order valence-electron chi connectivity index (χ1n) is 6.06. The van der Waals surface area contributed by atoms with Crippen LogP contribution in [-0.2, 0) is 4.79 Å². The number of H-pyrrole nitrogens is 1. The van der Waals surface area contributed by atoms with Gasteiger partial charge in [0.15, 0.2) is 0 Å². The Bertz CT molecular complexity index is 606. The minimum atomic E-state index is -0.911. The van der Waals surface area contributed by atoms with E-state index >= 15 is 0 Å². The highest BCUT2D eigenvalue weighted by molar-refractivity contribution is 6.05. The van der Waals surface area contributed by atoms with Crippen LogP contribution in [0.3, 0.4) is 0 Å². The SMILES string of the molecule is CCN(CCC(=O)O)C(=O)c1cccc2cn[nH]c12. The standard InChI is InChI=1S/C13H15N3O3/c1-2-16(7-6-11(17)18)13(19)10-5-3-4-9-8-14-15-12(9)10/h3-5,8H,2,6-7H2,1H3,(H,14,15)(H,17,18). The minimum absolute atomic E-state index is 0.0570. The first kappa shape index (κ1) is 13.1. The van der Waals surface area contributed by atoms with Crippen molar-refractivity contribution in [2.45, 2.75) is 13.3 Å². The summed E-state index contributed by atoms with van der Waals surface area (Å²) in [5, 5.41) is 16.3. The van der Waals surface area contributed by atoms with Gasteiger partial charge in [0.1, 0.15) is 0 Å². The number of benzene rings is 1. The van der Waals surface area contributed by atoms with Gasteiger partial charge in [0.25, 0.3) is 5.91 Å². The molecule has 19 heavy (non-hydrogen) atoms. The van der Waals surface area contributed by atoms with Gasteiger partial charge in [0.2, 0.25) is 0 Å². The van der Waals surface area contributed by atoms with E-state index in [1.54, 1.807) is 18.3 Å². The molecule has 0 spiro atoms. The van der Waals surface area contributed by atoms with Gasteiger partial charge in [-0.3, -0.25) is 14.7 Å². The van der Waals surface area contributed by atoms with Crippen molar-refractivity contribution >= 4 is 22.8 Å². The number of nitrogens with zero attached hydrogens (tertiary/aromatic N) is 2. The number of aromatic amines is 1. The molecule has 0 aliphatic heterocycles. The summed E-state index contributed by atoms with van der Waals surface area (Å²) in [4.78, 5) is 24.5. The second-order valence-electron chi connectivity index (χ2n) is 4.17. The molecule has 2 aromatic rings. The molecule has 1 heterocycles. The van der Waals surface area contributed by atoms with Gasteiger partial charge in [-0.15, -0.1) is 0 Å². The topological polar surface area (TPSA) is 86.3 Å². The van der Waals surface area contributed by atoms with Gasteiger partial charge < -0.3 is 10.0 Å². The predicted molar refractivity (Wildman–Crippen MR) is 69.9 cm³/mol. The van der Waals surface area contributed by atoms with E-state index < -0.39 is 5.97 Å². The maximum Gasteiger partial charge on any atom is 0.305 e. The summed E-state index contributed by atoms with van der Waals surface area (Å²) < 4.78 is 0. The molecule has 2 rings (SSSR count). The lowest BCUT2D eigenvalue weighted by atomic mass is 10.1. The Morgan fingerprint density at radius 1 is 1.42 bits per heavy atom. The molecule has 1 amide bonds. The Morgan fingerprint density at radius 2 is 2.21 bits per heavy atom. The van der Waals surface area contributed by atoms with Crippen molar-refractivity contribution in [2.24, 2.45) is 0 Å². The van der Waals surface area contributed by atoms with Crippen molar-refractivity contribution < 1.29 is 14.7 Å². The smallest absolute Gasteiger partial charge is 0.305 e. The zero-order valence-corrected chi connectivity index (χ0v) is 10.6. The third-order valence-corrected chi connectivity index (χ3v) is 2.97. The van der Waals surface area contributed by atoms with Gasteiger partial charge in [-0.1, -0.05) is 12.1 Å². The Balaban J connectivity index is 2.26. The molecule has 1 aromatic carbocycles. The molecule has 0 fully saturated rings. The molecule has 0 atom stereocenters. The van der Waals surface area contributed by atoms with E-state index in [2.05, 4.69) is 10.2 Å². The van der Waals surface area contributed by atoms with E-state index in [0.717, 1.165) is 5.39 Å². The average molecular weight is 261 g/mol. The van der Waals surface area contributed by atoms with Crippen LogP contribution in [0.2, 0.25) is 0 Å². The number of aliphatic carboxylic acids is 1. The van der Waals surface area contributed by atoms with Crippen molar-refractivity contribution in [3.8, 4) is 0 Å². The molecule has 0 aliphatic rings. The van der Waals surface area contributed by atoms with Crippen molar-refractivity contribution in [3.63, 3.8) is 0 Å². The van der Waals surface area contributed by atoms with Crippen LogP contribution in [-0.4, -0.2) is 45.2 Å². The number of aromatic nitrogens is 2. The number of carbonyl (C=O) groups is 2. The third kappa shape index (κ3) is 2.73. The number of amides is 1. The number of carboxylic acid groups (broad SMARTS) is 1. The lowest BCUT2D eigenvalue weighted by molar-refractivity contribution is -0.137. The normalized spacial score (nSPS) is 10.6. The summed E-state index contributed by atoms with van der Waals surface area (Å²) in [6.07, 6.45) is 1.60. The number of hydrogen-bond acceptors (Lipinski definition) is 3. The number of carbonyl (C=O) groups excluding carboxylic acids is 1. The van der Waals surface area contributed by atoms with E-state index in [0.29, 0.717) is 17.6 Å². The van der Waals surface area contributed by atoms with Crippen LogP contribution in [0.15, 0.2) is 24.4 Å². The molecule has 0 bridgehead atoms. The van der Waals surface area contributed by atoms with Crippen molar-refractivity contribution in [1.82, 2.24) is 15.1 Å². The van der Waals surface area contributed by atoms with E-state index in [4.69, 9.17) is 5.11 Å². The van der Waals surface area contributed by atoms with Gasteiger partial charge in [-0.05, 0) is 13.0 Å². The highest BCUT2D eigenvalue weighted by Gasteiger charge is 2.18. The number of para-hydroxylation sites is 1. The van der Waals surface area contributed by atoms with Crippen LogP contribution in [0.5, 0.6) is 0 Å².